The third kappa shape index (κ3) is 2.65. The summed E-state index contributed by atoms with van der Waals surface area (Å²) < 4.78 is 4.11. The van der Waals surface area contributed by atoms with Crippen LogP contribution in [0.2, 0.25) is 0 Å². The predicted octanol–water partition coefficient (Wildman–Crippen LogP) is 2.69. The van der Waals surface area contributed by atoms with Crippen molar-refractivity contribution in [1.29, 1.82) is 0 Å². The van der Waals surface area contributed by atoms with Gasteiger partial charge in [0.15, 0.2) is 12.4 Å². The van der Waals surface area contributed by atoms with Crippen molar-refractivity contribution < 1.29 is 9.36 Å². The van der Waals surface area contributed by atoms with Crippen LogP contribution in [0.25, 0.3) is 0 Å². The molecule has 0 aromatic carbocycles. The fraction of sp³-hybridized carbons (Fsp3) is 0.444. The lowest BCUT2D eigenvalue weighted by molar-refractivity contribution is -0.683. The maximum Gasteiger partial charge on any atom is 0.229 e. The van der Waals surface area contributed by atoms with Gasteiger partial charge >= 0.3 is 0 Å². The monoisotopic (exact) mass is 283 g/mol. The standard InChI is InChI=1S/C18H23N2O/c1-13-10-17(14(2)19(13)3)18(21)12-20-9-8-15-6-4-5-7-16(15)11-20/h8-11H,4-7,12H2,1-3H3/q+1. The number of carbonyl (C=O) groups is 1. The molecular formula is C18H23N2O+. The number of hydrogen-bond acceptors (Lipinski definition) is 1. The van der Waals surface area contributed by atoms with Crippen molar-refractivity contribution in [2.45, 2.75) is 46.1 Å². The van der Waals surface area contributed by atoms with Crippen molar-refractivity contribution in [3.8, 4) is 0 Å². The highest BCUT2D eigenvalue weighted by Crippen LogP contribution is 2.19. The first kappa shape index (κ1) is 14.1. The molecule has 21 heavy (non-hydrogen) atoms. The minimum Gasteiger partial charge on any atom is -0.351 e. The van der Waals surface area contributed by atoms with Gasteiger partial charge in [0.05, 0.1) is 0 Å². The van der Waals surface area contributed by atoms with Crippen LogP contribution in [0.15, 0.2) is 24.5 Å². The van der Waals surface area contributed by atoms with Gasteiger partial charge in [-0.2, -0.15) is 4.57 Å². The van der Waals surface area contributed by atoms with Crippen molar-refractivity contribution in [3.63, 3.8) is 0 Å². The van der Waals surface area contributed by atoms with Gasteiger partial charge < -0.3 is 4.57 Å². The molecule has 0 bridgehead atoms. The molecule has 110 valence electrons. The van der Waals surface area contributed by atoms with Crippen molar-refractivity contribution in [1.82, 2.24) is 4.57 Å². The lowest BCUT2D eigenvalue weighted by Gasteiger charge is -2.13. The van der Waals surface area contributed by atoms with Gasteiger partial charge in [-0.25, -0.2) is 0 Å². The first-order valence-corrected chi connectivity index (χ1v) is 7.73. The van der Waals surface area contributed by atoms with Crippen LogP contribution in [0.1, 0.15) is 45.7 Å². The fourth-order valence-corrected chi connectivity index (χ4v) is 3.21. The number of aromatic nitrogens is 2. The normalized spacial score (nSPS) is 14.0. The number of Topliss-reactive ketones (excluding diaryl/α,β-unsaturated/α-hetero) is 1. The van der Waals surface area contributed by atoms with E-state index >= 15 is 0 Å². The van der Waals surface area contributed by atoms with Gasteiger partial charge in [-0.15, -0.1) is 0 Å². The number of aryl methyl sites for hydroxylation is 3. The Balaban J connectivity index is 1.83. The number of nitrogens with zero attached hydrogens (tertiary/aromatic N) is 2. The Kier molecular flexibility index (Phi) is 3.66. The van der Waals surface area contributed by atoms with E-state index in [1.165, 1.54) is 30.4 Å². The maximum absolute atomic E-state index is 12.5. The zero-order valence-corrected chi connectivity index (χ0v) is 13.1. The van der Waals surface area contributed by atoms with Crippen LogP contribution >= 0.6 is 0 Å². The summed E-state index contributed by atoms with van der Waals surface area (Å²) >= 11 is 0. The zero-order valence-electron chi connectivity index (χ0n) is 13.1. The Hall–Kier alpha value is -1.90. The highest BCUT2D eigenvalue weighted by molar-refractivity contribution is 5.96. The van der Waals surface area contributed by atoms with E-state index in [1.54, 1.807) is 0 Å². The molecule has 0 N–H and O–H groups in total. The summed E-state index contributed by atoms with van der Waals surface area (Å²) in [5.74, 6) is 0.192. The molecule has 1 aliphatic carbocycles. The van der Waals surface area contributed by atoms with E-state index in [-0.39, 0.29) is 5.78 Å². The van der Waals surface area contributed by atoms with Gasteiger partial charge in [-0.05, 0) is 51.2 Å². The highest BCUT2D eigenvalue weighted by Gasteiger charge is 2.19. The second-order valence-corrected chi connectivity index (χ2v) is 6.14. The molecule has 3 heteroatoms. The molecule has 0 amide bonds. The van der Waals surface area contributed by atoms with Gasteiger partial charge in [0, 0.05) is 35.6 Å². The number of rotatable bonds is 3. The largest absolute Gasteiger partial charge is 0.351 e. The highest BCUT2D eigenvalue weighted by atomic mass is 16.1. The summed E-state index contributed by atoms with van der Waals surface area (Å²) in [5, 5.41) is 0. The Morgan fingerprint density at radius 1 is 1.24 bits per heavy atom. The molecular weight excluding hydrogens is 260 g/mol. The van der Waals surface area contributed by atoms with E-state index in [0.29, 0.717) is 6.54 Å². The molecule has 0 atom stereocenters. The maximum atomic E-state index is 12.5. The molecule has 0 unspecified atom stereocenters. The average Bonchev–Trinajstić information content (AvgIpc) is 2.75. The molecule has 2 heterocycles. The first-order valence-electron chi connectivity index (χ1n) is 7.73. The van der Waals surface area contributed by atoms with Crippen molar-refractivity contribution in [2.75, 3.05) is 0 Å². The van der Waals surface area contributed by atoms with Gasteiger partial charge in [-0.1, -0.05) is 0 Å². The van der Waals surface area contributed by atoms with Crippen LogP contribution in [-0.2, 0) is 26.4 Å². The molecule has 2 aromatic rings. The quantitative estimate of drug-likeness (QED) is 0.628. The van der Waals surface area contributed by atoms with E-state index in [2.05, 4.69) is 16.8 Å². The number of hydrogen-bond donors (Lipinski definition) is 0. The van der Waals surface area contributed by atoms with Gasteiger partial charge in [0.1, 0.15) is 0 Å². The first-order chi connectivity index (χ1) is 10.1. The lowest BCUT2D eigenvalue weighted by Crippen LogP contribution is -2.38. The number of carbonyl (C=O) groups excluding carboxylic acids is 1. The van der Waals surface area contributed by atoms with E-state index in [9.17, 15) is 4.79 Å². The SMILES string of the molecule is Cc1cc(C(=O)C[n+]2ccc3c(c2)CCCC3)c(C)n1C. The summed E-state index contributed by atoms with van der Waals surface area (Å²) in [6, 6.07) is 4.18. The van der Waals surface area contributed by atoms with Crippen LogP contribution in [0.3, 0.4) is 0 Å². The minimum absolute atomic E-state index is 0.192. The molecule has 0 aliphatic heterocycles. The molecule has 0 fully saturated rings. The van der Waals surface area contributed by atoms with Gasteiger partial charge in [-0.3, -0.25) is 4.79 Å². The molecule has 0 saturated carbocycles. The van der Waals surface area contributed by atoms with Crippen molar-refractivity contribution >= 4 is 5.78 Å². The third-order valence-corrected chi connectivity index (χ3v) is 4.75. The topological polar surface area (TPSA) is 25.9 Å². The Morgan fingerprint density at radius 2 is 1.95 bits per heavy atom. The summed E-state index contributed by atoms with van der Waals surface area (Å²) in [5.41, 5.74) is 5.90. The van der Waals surface area contributed by atoms with Crippen LogP contribution < -0.4 is 4.57 Å². The summed E-state index contributed by atoms with van der Waals surface area (Å²) in [7, 11) is 2.01. The molecule has 2 aromatic heterocycles. The number of pyridine rings is 1. The molecule has 1 aliphatic rings. The van der Waals surface area contributed by atoms with Crippen molar-refractivity contribution in [2.24, 2.45) is 7.05 Å². The van der Waals surface area contributed by atoms with Gasteiger partial charge in [0.25, 0.3) is 0 Å². The van der Waals surface area contributed by atoms with Crippen LogP contribution in [0.5, 0.6) is 0 Å². The second-order valence-electron chi connectivity index (χ2n) is 6.14. The average molecular weight is 283 g/mol. The minimum atomic E-state index is 0.192. The number of fused-ring (bicyclic) bond motifs is 1. The van der Waals surface area contributed by atoms with Crippen LogP contribution in [0, 0.1) is 13.8 Å². The van der Waals surface area contributed by atoms with E-state index in [0.717, 1.165) is 23.4 Å². The van der Waals surface area contributed by atoms with Gasteiger partial charge in [0.2, 0.25) is 12.3 Å². The predicted molar refractivity (Wildman–Crippen MR) is 82.5 cm³/mol. The zero-order chi connectivity index (χ0) is 15.0. The second kappa shape index (κ2) is 5.47. The van der Waals surface area contributed by atoms with E-state index < -0.39 is 0 Å². The third-order valence-electron chi connectivity index (χ3n) is 4.75. The molecule has 3 rings (SSSR count). The molecule has 3 nitrogen and oxygen atoms in total. The van der Waals surface area contributed by atoms with E-state index in [4.69, 9.17) is 0 Å². The fourth-order valence-electron chi connectivity index (χ4n) is 3.21. The number of ketones is 1. The summed E-state index contributed by atoms with van der Waals surface area (Å²) in [4.78, 5) is 12.5. The van der Waals surface area contributed by atoms with E-state index in [1.807, 2.05) is 37.7 Å². The van der Waals surface area contributed by atoms with Crippen molar-refractivity contribution in [3.05, 3.63) is 52.6 Å². The van der Waals surface area contributed by atoms with Crippen LogP contribution in [0.4, 0.5) is 0 Å². The lowest BCUT2D eigenvalue weighted by atomic mass is 9.93. The van der Waals surface area contributed by atoms with Crippen LogP contribution in [-0.4, -0.2) is 10.4 Å². The molecule has 0 saturated heterocycles. The molecule has 0 spiro atoms. The molecule has 0 radical (unpaired) electrons. The Bertz CT molecular complexity index is 697. The summed E-state index contributed by atoms with van der Waals surface area (Å²) in [6.07, 6.45) is 9.10. The Labute approximate surface area is 126 Å². The summed E-state index contributed by atoms with van der Waals surface area (Å²) in [6.45, 7) is 4.48. The Morgan fingerprint density at radius 3 is 2.62 bits per heavy atom. The smallest absolute Gasteiger partial charge is 0.229 e.